The molecule has 0 bridgehead atoms. The van der Waals surface area contributed by atoms with Crippen molar-refractivity contribution in [3.8, 4) is 0 Å². The Bertz CT molecular complexity index is 71.5. The first-order valence-electron chi connectivity index (χ1n) is 3.16. The van der Waals surface area contributed by atoms with Gasteiger partial charge in [-0.05, 0) is 18.6 Å². The van der Waals surface area contributed by atoms with E-state index >= 15 is 0 Å². The molecular formula is C6H14ClNS. The van der Waals surface area contributed by atoms with Crippen LogP contribution in [0.1, 0.15) is 19.8 Å². The average molecular weight is 168 g/mol. The lowest BCUT2D eigenvalue weighted by atomic mass is 10.1. The maximum atomic E-state index is 5.71. The topological polar surface area (TPSA) is 26.0 Å². The van der Waals surface area contributed by atoms with Gasteiger partial charge in [-0.2, -0.15) is 11.8 Å². The highest BCUT2D eigenvalue weighted by Gasteiger charge is 2.14. The highest BCUT2D eigenvalue weighted by molar-refractivity contribution is 7.99. The van der Waals surface area contributed by atoms with E-state index < -0.39 is 0 Å². The fraction of sp³-hybridized carbons (Fsp3) is 1.00. The second kappa shape index (κ2) is 4.42. The van der Waals surface area contributed by atoms with E-state index in [9.17, 15) is 0 Å². The second-order valence-corrected chi connectivity index (χ2v) is 4.01. The number of halogens is 1. The summed E-state index contributed by atoms with van der Waals surface area (Å²) in [4.78, 5) is 0. The van der Waals surface area contributed by atoms with Crippen molar-refractivity contribution < 1.29 is 0 Å². The van der Waals surface area contributed by atoms with E-state index in [0.717, 1.165) is 5.25 Å². The van der Waals surface area contributed by atoms with Gasteiger partial charge in [-0.25, -0.2) is 0 Å². The van der Waals surface area contributed by atoms with Crippen molar-refractivity contribution in [1.29, 1.82) is 0 Å². The van der Waals surface area contributed by atoms with Gasteiger partial charge < -0.3 is 5.73 Å². The number of thioether (sulfide) groups is 1. The molecule has 0 radical (unpaired) electrons. The number of hydrogen-bond donors (Lipinski definition) is 1. The number of rotatable bonds is 0. The summed E-state index contributed by atoms with van der Waals surface area (Å²) in [6, 6.07) is 0.492. The van der Waals surface area contributed by atoms with Crippen LogP contribution in [0.3, 0.4) is 0 Å². The molecular weight excluding hydrogens is 154 g/mol. The summed E-state index contributed by atoms with van der Waals surface area (Å²) in [5.41, 5.74) is 5.71. The van der Waals surface area contributed by atoms with E-state index in [1.54, 1.807) is 0 Å². The molecule has 0 aromatic heterocycles. The Morgan fingerprint density at radius 1 is 1.56 bits per heavy atom. The molecule has 0 aliphatic carbocycles. The minimum atomic E-state index is 0. The summed E-state index contributed by atoms with van der Waals surface area (Å²) < 4.78 is 0. The maximum Gasteiger partial charge on any atom is 0.00571 e. The van der Waals surface area contributed by atoms with Gasteiger partial charge in [0.25, 0.3) is 0 Å². The van der Waals surface area contributed by atoms with Crippen LogP contribution in [0.5, 0.6) is 0 Å². The Kier molecular flexibility index (Phi) is 4.72. The van der Waals surface area contributed by atoms with E-state index in [1.165, 1.54) is 18.6 Å². The van der Waals surface area contributed by atoms with Gasteiger partial charge in [-0.3, -0.25) is 0 Å². The highest BCUT2D eigenvalue weighted by atomic mass is 35.5. The zero-order chi connectivity index (χ0) is 5.98. The van der Waals surface area contributed by atoms with Gasteiger partial charge in [-0.15, -0.1) is 12.4 Å². The first kappa shape index (κ1) is 9.60. The molecule has 0 aromatic carbocycles. The summed E-state index contributed by atoms with van der Waals surface area (Å²) in [5.74, 6) is 1.27. The smallest absolute Gasteiger partial charge is 0.00571 e. The molecule has 1 heterocycles. The van der Waals surface area contributed by atoms with Crippen molar-refractivity contribution in [3.63, 3.8) is 0 Å². The van der Waals surface area contributed by atoms with Crippen LogP contribution in [0.15, 0.2) is 0 Å². The normalized spacial score (nSPS) is 35.3. The van der Waals surface area contributed by atoms with E-state index in [-0.39, 0.29) is 12.4 Å². The minimum Gasteiger partial charge on any atom is -0.328 e. The van der Waals surface area contributed by atoms with Crippen molar-refractivity contribution in [2.75, 3.05) is 5.75 Å². The Balaban J connectivity index is 0.000000640. The molecule has 9 heavy (non-hydrogen) atoms. The van der Waals surface area contributed by atoms with E-state index in [2.05, 4.69) is 6.92 Å². The van der Waals surface area contributed by atoms with Gasteiger partial charge in [0.2, 0.25) is 0 Å². The molecule has 1 saturated heterocycles. The van der Waals surface area contributed by atoms with Crippen molar-refractivity contribution in [2.24, 2.45) is 5.73 Å². The van der Waals surface area contributed by atoms with Crippen molar-refractivity contribution >= 4 is 24.2 Å². The molecule has 1 aliphatic rings. The Morgan fingerprint density at radius 3 is 2.56 bits per heavy atom. The molecule has 2 N–H and O–H groups in total. The van der Waals surface area contributed by atoms with Gasteiger partial charge in [0.15, 0.2) is 0 Å². The third-order valence-electron chi connectivity index (χ3n) is 1.53. The highest BCUT2D eigenvalue weighted by Crippen LogP contribution is 2.23. The molecule has 0 spiro atoms. The summed E-state index contributed by atoms with van der Waals surface area (Å²) in [6.45, 7) is 2.25. The minimum absolute atomic E-state index is 0. The molecule has 2 unspecified atom stereocenters. The van der Waals surface area contributed by atoms with Crippen LogP contribution in [-0.4, -0.2) is 17.0 Å². The van der Waals surface area contributed by atoms with Gasteiger partial charge in [0, 0.05) is 11.3 Å². The molecule has 3 heteroatoms. The molecule has 56 valence electrons. The summed E-state index contributed by atoms with van der Waals surface area (Å²) >= 11 is 2.04. The lowest BCUT2D eigenvalue weighted by Gasteiger charge is -2.22. The SMILES string of the molecule is CC1CC(N)CCS1.Cl. The fourth-order valence-electron chi connectivity index (χ4n) is 1.03. The number of nitrogens with two attached hydrogens (primary N) is 1. The molecule has 1 rings (SSSR count). The van der Waals surface area contributed by atoms with E-state index in [0.29, 0.717) is 6.04 Å². The summed E-state index contributed by atoms with van der Waals surface area (Å²) in [7, 11) is 0. The first-order valence-corrected chi connectivity index (χ1v) is 4.21. The first-order chi connectivity index (χ1) is 3.79. The van der Waals surface area contributed by atoms with Crippen LogP contribution in [0.2, 0.25) is 0 Å². The van der Waals surface area contributed by atoms with Crippen molar-refractivity contribution in [3.05, 3.63) is 0 Å². The predicted molar refractivity (Wildman–Crippen MR) is 46.4 cm³/mol. The van der Waals surface area contributed by atoms with Crippen LogP contribution in [-0.2, 0) is 0 Å². The molecule has 0 saturated carbocycles. The molecule has 1 aliphatic heterocycles. The Morgan fingerprint density at radius 2 is 2.22 bits per heavy atom. The molecule has 2 atom stereocenters. The maximum absolute atomic E-state index is 5.71. The third-order valence-corrected chi connectivity index (χ3v) is 2.76. The third kappa shape index (κ3) is 3.33. The number of hydrogen-bond acceptors (Lipinski definition) is 2. The molecule has 1 fully saturated rings. The van der Waals surface area contributed by atoms with E-state index in [1.807, 2.05) is 11.8 Å². The van der Waals surface area contributed by atoms with Gasteiger partial charge in [0.1, 0.15) is 0 Å². The molecule has 0 aromatic rings. The fourth-order valence-corrected chi connectivity index (χ4v) is 2.26. The lowest BCUT2D eigenvalue weighted by Crippen LogP contribution is -2.28. The summed E-state index contributed by atoms with van der Waals surface area (Å²) in [6.07, 6.45) is 2.43. The molecule has 0 amide bonds. The average Bonchev–Trinajstić information content (AvgIpc) is 1.64. The van der Waals surface area contributed by atoms with Crippen molar-refractivity contribution in [1.82, 2.24) is 0 Å². The van der Waals surface area contributed by atoms with Crippen LogP contribution in [0.25, 0.3) is 0 Å². The van der Waals surface area contributed by atoms with E-state index in [4.69, 9.17) is 5.73 Å². The molecule has 1 nitrogen and oxygen atoms in total. The summed E-state index contributed by atoms with van der Waals surface area (Å²) in [5, 5.41) is 0.804. The quantitative estimate of drug-likeness (QED) is 0.594. The van der Waals surface area contributed by atoms with Gasteiger partial charge in [-0.1, -0.05) is 6.92 Å². The van der Waals surface area contributed by atoms with Crippen molar-refractivity contribution in [2.45, 2.75) is 31.1 Å². The predicted octanol–water partition coefficient (Wildman–Crippen LogP) is 1.65. The van der Waals surface area contributed by atoms with Crippen LogP contribution in [0.4, 0.5) is 0 Å². The Hall–Kier alpha value is 0.600. The lowest BCUT2D eigenvalue weighted by molar-refractivity contribution is 0.581. The monoisotopic (exact) mass is 167 g/mol. The van der Waals surface area contributed by atoms with Crippen LogP contribution >= 0.6 is 24.2 Å². The van der Waals surface area contributed by atoms with Gasteiger partial charge >= 0.3 is 0 Å². The van der Waals surface area contributed by atoms with Crippen LogP contribution in [0, 0.1) is 0 Å². The van der Waals surface area contributed by atoms with Crippen LogP contribution < -0.4 is 5.73 Å². The second-order valence-electron chi connectivity index (χ2n) is 2.47. The zero-order valence-corrected chi connectivity index (χ0v) is 7.30. The largest absolute Gasteiger partial charge is 0.328 e. The standard InChI is InChI=1S/C6H13NS.ClH/c1-5-4-6(7)2-3-8-5;/h5-6H,2-4,7H2,1H3;1H. The Labute approximate surface area is 67.2 Å². The van der Waals surface area contributed by atoms with Gasteiger partial charge in [0.05, 0.1) is 0 Å². The zero-order valence-electron chi connectivity index (χ0n) is 5.67.